The van der Waals surface area contributed by atoms with Crippen molar-refractivity contribution in [1.29, 1.82) is 0 Å². The van der Waals surface area contributed by atoms with Crippen LogP contribution in [0.5, 0.6) is 0 Å². The Morgan fingerprint density at radius 3 is 2.64 bits per heavy atom. The number of aromatic nitrogens is 4. The summed E-state index contributed by atoms with van der Waals surface area (Å²) in [5.74, 6) is 1.37. The number of carbonyl (C=O) groups excluding carboxylic acids is 1. The number of amides is 1. The number of rotatable bonds is 7. The van der Waals surface area contributed by atoms with Crippen molar-refractivity contribution in [2.75, 3.05) is 6.54 Å². The van der Waals surface area contributed by atoms with Gasteiger partial charge in [0.05, 0.1) is 0 Å². The standard InChI is InChI=1S/C18H23N5OS/c1-12(2)15-6-4-14(5-7-15)10-11-19-16(24)8-9-17-22-23-13(3)20-21-18(23)25-17/h4-7,12H,8-11H2,1-3H3,(H,19,24). The Morgan fingerprint density at radius 1 is 1.20 bits per heavy atom. The molecule has 0 aliphatic heterocycles. The first-order valence-electron chi connectivity index (χ1n) is 8.56. The van der Waals surface area contributed by atoms with Crippen molar-refractivity contribution in [3.05, 3.63) is 46.2 Å². The predicted molar refractivity (Wildman–Crippen MR) is 99.0 cm³/mol. The number of hydrogen-bond donors (Lipinski definition) is 1. The van der Waals surface area contributed by atoms with Gasteiger partial charge in [-0.2, -0.15) is 9.61 Å². The summed E-state index contributed by atoms with van der Waals surface area (Å²) in [6.07, 6.45) is 1.91. The van der Waals surface area contributed by atoms with E-state index in [1.165, 1.54) is 22.5 Å². The molecule has 0 fully saturated rings. The van der Waals surface area contributed by atoms with Gasteiger partial charge in [-0.15, -0.1) is 10.2 Å². The van der Waals surface area contributed by atoms with Gasteiger partial charge in [0, 0.05) is 19.4 Å². The Labute approximate surface area is 151 Å². The lowest BCUT2D eigenvalue weighted by Gasteiger charge is -2.08. The Bertz CT molecular complexity index is 850. The summed E-state index contributed by atoms with van der Waals surface area (Å²) in [6, 6.07) is 8.61. The molecule has 6 nitrogen and oxygen atoms in total. The van der Waals surface area contributed by atoms with Crippen LogP contribution >= 0.6 is 11.3 Å². The fourth-order valence-corrected chi connectivity index (χ4v) is 3.46. The minimum atomic E-state index is 0.0569. The zero-order chi connectivity index (χ0) is 17.8. The Hall–Kier alpha value is -2.28. The molecule has 1 amide bonds. The van der Waals surface area contributed by atoms with E-state index in [0.717, 1.165) is 22.2 Å². The molecule has 2 heterocycles. The van der Waals surface area contributed by atoms with E-state index in [1.54, 1.807) is 4.52 Å². The van der Waals surface area contributed by atoms with Crippen molar-refractivity contribution < 1.29 is 4.79 Å². The average molecular weight is 357 g/mol. The van der Waals surface area contributed by atoms with Crippen LogP contribution in [0.2, 0.25) is 0 Å². The summed E-state index contributed by atoms with van der Waals surface area (Å²) in [4.78, 5) is 12.8. The quantitative estimate of drug-likeness (QED) is 0.706. The van der Waals surface area contributed by atoms with Crippen molar-refractivity contribution in [2.45, 2.75) is 46.0 Å². The molecule has 1 N–H and O–H groups in total. The molecular formula is C18H23N5OS. The van der Waals surface area contributed by atoms with Gasteiger partial charge in [-0.25, -0.2) is 0 Å². The molecule has 132 valence electrons. The summed E-state index contributed by atoms with van der Waals surface area (Å²) in [5.41, 5.74) is 2.59. The molecule has 3 rings (SSSR count). The van der Waals surface area contributed by atoms with Crippen LogP contribution in [-0.2, 0) is 17.6 Å². The maximum absolute atomic E-state index is 12.0. The second-order valence-electron chi connectivity index (χ2n) is 6.43. The number of benzene rings is 1. The summed E-state index contributed by atoms with van der Waals surface area (Å²) in [7, 11) is 0. The molecule has 0 bridgehead atoms. The molecule has 0 aliphatic rings. The number of carbonyl (C=O) groups is 1. The van der Waals surface area contributed by atoms with Gasteiger partial charge in [-0.1, -0.05) is 49.4 Å². The highest BCUT2D eigenvalue weighted by Crippen LogP contribution is 2.16. The third kappa shape index (κ3) is 4.42. The Morgan fingerprint density at radius 2 is 1.96 bits per heavy atom. The molecular weight excluding hydrogens is 334 g/mol. The minimum Gasteiger partial charge on any atom is -0.356 e. The number of nitrogens with one attached hydrogen (secondary N) is 1. The fraction of sp³-hybridized carbons (Fsp3) is 0.444. The molecule has 25 heavy (non-hydrogen) atoms. The third-order valence-electron chi connectivity index (χ3n) is 4.14. The lowest BCUT2D eigenvalue weighted by atomic mass is 10.0. The maximum Gasteiger partial charge on any atom is 0.234 e. The van der Waals surface area contributed by atoms with Gasteiger partial charge in [0.1, 0.15) is 5.01 Å². The van der Waals surface area contributed by atoms with E-state index in [1.807, 2.05) is 6.92 Å². The monoisotopic (exact) mass is 357 g/mol. The molecule has 7 heteroatoms. The maximum atomic E-state index is 12.0. The second-order valence-corrected chi connectivity index (χ2v) is 7.47. The van der Waals surface area contributed by atoms with Crippen LogP contribution in [0.4, 0.5) is 0 Å². The molecule has 0 saturated carbocycles. The summed E-state index contributed by atoms with van der Waals surface area (Å²) < 4.78 is 1.72. The zero-order valence-electron chi connectivity index (χ0n) is 14.8. The minimum absolute atomic E-state index is 0.0569. The molecule has 0 unspecified atom stereocenters. The topological polar surface area (TPSA) is 72.2 Å². The summed E-state index contributed by atoms with van der Waals surface area (Å²) in [5, 5.41) is 16.3. The zero-order valence-corrected chi connectivity index (χ0v) is 15.6. The van der Waals surface area contributed by atoms with Crippen LogP contribution < -0.4 is 5.32 Å². The smallest absolute Gasteiger partial charge is 0.234 e. The van der Waals surface area contributed by atoms with Crippen molar-refractivity contribution in [3.63, 3.8) is 0 Å². The largest absolute Gasteiger partial charge is 0.356 e. The lowest BCUT2D eigenvalue weighted by molar-refractivity contribution is -0.121. The van der Waals surface area contributed by atoms with E-state index < -0.39 is 0 Å². The molecule has 1 aromatic carbocycles. The van der Waals surface area contributed by atoms with E-state index >= 15 is 0 Å². The molecule has 0 saturated heterocycles. The highest BCUT2D eigenvalue weighted by Gasteiger charge is 2.10. The van der Waals surface area contributed by atoms with E-state index in [0.29, 0.717) is 25.3 Å². The van der Waals surface area contributed by atoms with E-state index in [9.17, 15) is 4.79 Å². The number of nitrogens with zero attached hydrogens (tertiary/aromatic N) is 4. The van der Waals surface area contributed by atoms with Crippen LogP contribution in [-0.4, -0.2) is 32.3 Å². The number of hydrogen-bond acceptors (Lipinski definition) is 5. The molecule has 2 aromatic heterocycles. The van der Waals surface area contributed by atoms with Gasteiger partial charge in [-0.05, 0) is 30.4 Å². The molecule has 0 spiro atoms. The first-order chi connectivity index (χ1) is 12.0. The number of aryl methyl sites for hydroxylation is 2. The molecule has 3 aromatic rings. The van der Waals surface area contributed by atoms with Crippen molar-refractivity contribution >= 4 is 22.2 Å². The fourth-order valence-electron chi connectivity index (χ4n) is 2.58. The van der Waals surface area contributed by atoms with Gasteiger partial charge < -0.3 is 5.32 Å². The first kappa shape index (κ1) is 17.5. The SMILES string of the molecule is Cc1nnc2sc(CCC(=O)NCCc3ccc(C(C)C)cc3)nn12. The van der Waals surface area contributed by atoms with Gasteiger partial charge in [0.15, 0.2) is 5.82 Å². The molecule has 0 aliphatic carbocycles. The summed E-state index contributed by atoms with van der Waals surface area (Å²) in [6.45, 7) is 6.90. The van der Waals surface area contributed by atoms with Crippen molar-refractivity contribution in [1.82, 2.24) is 25.1 Å². The normalized spacial score (nSPS) is 11.4. The summed E-state index contributed by atoms with van der Waals surface area (Å²) >= 11 is 1.48. The highest BCUT2D eigenvalue weighted by atomic mass is 32.1. The lowest BCUT2D eigenvalue weighted by Crippen LogP contribution is -2.25. The average Bonchev–Trinajstić information content (AvgIpc) is 3.15. The van der Waals surface area contributed by atoms with Crippen LogP contribution in [0.3, 0.4) is 0 Å². The van der Waals surface area contributed by atoms with Gasteiger partial charge in [0.2, 0.25) is 10.9 Å². The van der Waals surface area contributed by atoms with Crippen molar-refractivity contribution in [2.24, 2.45) is 0 Å². The van der Waals surface area contributed by atoms with Crippen LogP contribution in [0, 0.1) is 6.92 Å². The Balaban J connectivity index is 1.41. The third-order valence-corrected chi connectivity index (χ3v) is 5.10. The second kappa shape index (κ2) is 7.74. The van der Waals surface area contributed by atoms with Crippen LogP contribution in [0.25, 0.3) is 4.96 Å². The molecule has 0 radical (unpaired) electrons. The van der Waals surface area contributed by atoms with E-state index in [-0.39, 0.29) is 5.91 Å². The van der Waals surface area contributed by atoms with Gasteiger partial charge in [-0.3, -0.25) is 4.79 Å². The van der Waals surface area contributed by atoms with Gasteiger partial charge in [0.25, 0.3) is 0 Å². The first-order valence-corrected chi connectivity index (χ1v) is 9.38. The van der Waals surface area contributed by atoms with Gasteiger partial charge >= 0.3 is 0 Å². The van der Waals surface area contributed by atoms with E-state index in [4.69, 9.17) is 0 Å². The Kier molecular flexibility index (Phi) is 5.43. The molecule has 0 atom stereocenters. The number of fused-ring (bicyclic) bond motifs is 1. The van der Waals surface area contributed by atoms with Crippen LogP contribution in [0.15, 0.2) is 24.3 Å². The highest BCUT2D eigenvalue weighted by molar-refractivity contribution is 7.16. The van der Waals surface area contributed by atoms with Crippen molar-refractivity contribution in [3.8, 4) is 0 Å². The predicted octanol–water partition coefficient (Wildman–Crippen LogP) is 2.91. The van der Waals surface area contributed by atoms with E-state index in [2.05, 4.69) is 58.7 Å². The van der Waals surface area contributed by atoms with Crippen LogP contribution in [0.1, 0.15) is 48.1 Å².